The summed E-state index contributed by atoms with van der Waals surface area (Å²) in [5, 5.41) is 22.2. The molecule has 0 aromatic rings. The van der Waals surface area contributed by atoms with Crippen molar-refractivity contribution in [1.82, 2.24) is 10.6 Å². The molecule has 7 nitrogen and oxygen atoms in total. The fourth-order valence-corrected chi connectivity index (χ4v) is 1.21. The number of hydrogen-bond donors (Lipinski definition) is 4. The highest BCUT2D eigenvalue weighted by Crippen LogP contribution is 2.01. The van der Waals surface area contributed by atoms with E-state index in [0.29, 0.717) is 0 Å². The number of terminal acetylenes is 1. The first-order valence-electron chi connectivity index (χ1n) is 5.35. The van der Waals surface area contributed by atoms with E-state index >= 15 is 0 Å². The van der Waals surface area contributed by atoms with Gasteiger partial charge in [0.1, 0.15) is 6.04 Å². The maximum absolute atomic E-state index is 11.3. The molecule has 0 heterocycles. The van der Waals surface area contributed by atoms with Crippen LogP contribution in [0.1, 0.15) is 19.3 Å². The minimum atomic E-state index is -1.19. The van der Waals surface area contributed by atoms with E-state index in [1.165, 1.54) is 0 Å². The summed E-state index contributed by atoms with van der Waals surface area (Å²) in [6, 6.07) is -1.08. The molecule has 0 aromatic carbocycles. The Morgan fingerprint density at radius 3 is 2.44 bits per heavy atom. The van der Waals surface area contributed by atoms with Crippen LogP contribution in [0.25, 0.3) is 0 Å². The van der Waals surface area contributed by atoms with E-state index in [-0.39, 0.29) is 32.4 Å². The predicted molar refractivity (Wildman–Crippen MR) is 62.8 cm³/mol. The lowest BCUT2D eigenvalue weighted by Gasteiger charge is -2.13. The van der Waals surface area contributed by atoms with Crippen LogP contribution in [-0.2, 0) is 14.4 Å². The monoisotopic (exact) mass is 256 g/mol. The van der Waals surface area contributed by atoms with E-state index in [4.69, 9.17) is 16.6 Å². The molecular weight excluding hydrogens is 240 g/mol. The standard InChI is InChI=1S/C11H16N2O5/c1-2-6-12-7-9(14)13-8(11(17)18)4-3-5-10(15)16/h1,8,12H,3-7H2,(H,13,14)(H,15,16)(H,17,18)/t8-/m1/s1. The van der Waals surface area contributed by atoms with E-state index < -0.39 is 23.9 Å². The lowest BCUT2D eigenvalue weighted by atomic mass is 10.1. The van der Waals surface area contributed by atoms with E-state index in [0.717, 1.165) is 0 Å². The SMILES string of the molecule is C#CCNCC(=O)N[C@H](CCCC(=O)O)C(=O)O. The van der Waals surface area contributed by atoms with Gasteiger partial charge in [-0.05, 0) is 12.8 Å². The largest absolute Gasteiger partial charge is 0.481 e. The van der Waals surface area contributed by atoms with Gasteiger partial charge in [0.15, 0.2) is 0 Å². The summed E-state index contributed by atoms with van der Waals surface area (Å²) in [6.45, 7) is 0.136. The molecule has 18 heavy (non-hydrogen) atoms. The number of nitrogens with one attached hydrogen (secondary N) is 2. The van der Waals surface area contributed by atoms with Gasteiger partial charge in [-0.2, -0.15) is 0 Å². The van der Waals surface area contributed by atoms with Crippen molar-refractivity contribution in [3.63, 3.8) is 0 Å². The van der Waals surface area contributed by atoms with Crippen LogP contribution in [0.2, 0.25) is 0 Å². The Bertz CT molecular complexity index is 348. The second-order valence-electron chi connectivity index (χ2n) is 3.55. The molecule has 1 amide bonds. The van der Waals surface area contributed by atoms with Crippen molar-refractivity contribution in [1.29, 1.82) is 0 Å². The van der Waals surface area contributed by atoms with Crippen molar-refractivity contribution in [3.05, 3.63) is 0 Å². The Hall–Kier alpha value is -2.07. The van der Waals surface area contributed by atoms with E-state index in [2.05, 4.69) is 16.6 Å². The first-order valence-corrected chi connectivity index (χ1v) is 5.35. The molecule has 4 N–H and O–H groups in total. The minimum absolute atomic E-state index is 0.0719. The Morgan fingerprint density at radius 2 is 1.94 bits per heavy atom. The molecule has 0 aliphatic heterocycles. The zero-order chi connectivity index (χ0) is 14.0. The molecule has 7 heteroatoms. The number of aliphatic carboxylic acids is 2. The fourth-order valence-electron chi connectivity index (χ4n) is 1.21. The number of rotatable bonds is 9. The summed E-state index contributed by atoms with van der Waals surface area (Å²) < 4.78 is 0. The molecule has 0 aliphatic rings. The lowest BCUT2D eigenvalue weighted by Crippen LogP contribution is -2.44. The highest BCUT2D eigenvalue weighted by atomic mass is 16.4. The Labute approximate surface area is 105 Å². The molecule has 0 radical (unpaired) electrons. The molecule has 0 bridgehead atoms. The van der Waals surface area contributed by atoms with E-state index in [1.54, 1.807) is 0 Å². The summed E-state index contributed by atoms with van der Waals surface area (Å²) in [6.07, 6.45) is 5.09. The number of carboxylic acid groups (broad SMARTS) is 2. The molecule has 0 spiro atoms. The molecule has 0 fully saturated rings. The van der Waals surface area contributed by atoms with Crippen LogP contribution < -0.4 is 10.6 Å². The van der Waals surface area contributed by atoms with Crippen LogP contribution in [-0.4, -0.2) is 47.2 Å². The minimum Gasteiger partial charge on any atom is -0.481 e. The average Bonchev–Trinajstić information content (AvgIpc) is 2.27. The molecule has 0 aliphatic carbocycles. The molecule has 0 saturated carbocycles. The summed E-state index contributed by atoms with van der Waals surface area (Å²) in [5.74, 6) is -0.408. The van der Waals surface area contributed by atoms with Crippen LogP contribution in [0.5, 0.6) is 0 Å². The van der Waals surface area contributed by atoms with Gasteiger partial charge in [0.2, 0.25) is 5.91 Å². The maximum Gasteiger partial charge on any atom is 0.326 e. The van der Waals surface area contributed by atoms with Gasteiger partial charge in [-0.15, -0.1) is 6.42 Å². The third kappa shape index (κ3) is 8.13. The van der Waals surface area contributed by atoms with Gasteiger partial charge in [-0.3, -0.25) is 14.9 Å². The van der Waals surface area contributed by atoms with Crippen molar-refractivity contribution in [2.45, 2.75) is 25.3 Å². The van der Waals surface area contributed by atoms with Crippen LogP contribution in [0.3, 0.4) is 0 Å². The van der Waals surface area contributed by atoms with Crippen molar-refractivity contribution in [2.75, 3.05) is 13.1 Å². The summed E-state index contributed by atoms with van der Waals surface area (Å²) in [7, 11) is 0. The van der Waals surface area contributed by atoms with Gasteiger partial charge in [-0.25, -0.2) is 4.79 Å². The average molecular weight is 256 g/mol. The summed E-state index contributed by atoms with van der Waals surface area (Å²) >= 11 is 0. The summed E-state index contributed by atoms with van der Waals surface area (Å²) in [5.41, 5.74) is 0. The van der Waals surface area contributed by atoms with Gasteiger partial charge in [0.25, 0.3) is 0 Å². The van der Waals surface area contributed by atoms with Gasteiger partial charge in [0, 0.05) is 6.42 Å². The van der Waals surface area contributed by atoms with Crippen molar-refractivity contribution in [2.24, 2.45) is 0 Å². The number of carbonyl (C=O) groups excluding carboxylic acids is 1. The van der Waals surface area contributed by atoms with Crippen molar-refractivity contribution in [3.8, 4) is 12.3 Å². The molecule has 0 saturated heterocycles. The number of amides is 1. The zero-order valence-corrected chi connectivity index (χ0v) is 9.81. The number of carboxylic acids is 2. The van der Waals surface area contributed by atoms with Gasteiger partial charge in [0.05, 0.1) is 13.1 Å². The van der Waals surface area contributed by atoms with Gasteiger partial charge < -0.3 is 15.5 Å². The zero-order valence-electron chi connectivity index (χ0n) is 9.81. The van der Waals surface area contributed by atoms with Crippen LogP contribution >= 0.6 is 0 Å². The quantitative estimate of drug-likeness (QED) is 0.312. The first kappa shape index (κ1) is 15.9. The van der Waals surface area contributed by atoms with Gasteiger partial charge >= 0.3 is 11.9 Å². The Morgan fingerprint density at radius 1 is 1.28 bits per heavy atom. The predicted octanol–water partition coefficient (Wildman–Crippen LogP) is -0.966. The second kappa shape index (κ2) is 9.01. The molecule has 1 atom stereocenters. The molecule has 100 valence electrons. The number of hydrogen-bond acceptors (Lipinski definition) is 4. The molecule has 0 aromatic heterocycles. The third-order valence-corrected chi connectivity index (χ3v) is 2.03. The topological polar surface area (TPSA) is 116 Å². The molecular formula is C11H16N2O5. The highest BCUT2D eigenvalue weighted by Gasteiger charge is 2.19. The van der Waals surface area contributed by atoms with Crippen molar-refractivity contribution >= 4 is 17.8 Å². The maximum atomic E-state index is 11.3. The van der Waals surface area contributed by atoms with E-state index in [9.17, 15) is 14.4 Å². The van der Waals surface area contributed by atoms with Crippen molar-refractivity contribution < 1.29 is 24.6 Å². The Balaban J connectivity index is 4.03. The first-order chi connectivity index (χ1) is 8.47. The third-order valence-electron chi connectivity index (χ3n) is 2.03. The van der Waals surface area contributed by atoms with Crippen LogP contribution in [0.4, 0.5) is 0 Å². The Kier molecular flexibility index (Phi) is 7.98. The van der Waals surface area contributed by atoms with Gasteiger partial charge in [-0.1, -0.05) is 5.92 Å². The van der Waals surface area contributed by atoms with Crippen LogP contribution in [0.15, 0.2) is 0 Å². The number of carbonyl (C=O) groups is 3. The normalized spacial score (nSPS) is 11.3. The second-order valence-corrected chi connectivity index (χ2v) is 3.55. The van der Waals surface area contributed by atoms with E-state index in [1.807, 2.05) is 0 Å². The summed E-state index contributed by atoms with van der Waals surface area (Å²) in [4.78, 5) is 32.4. The molecule has 0 unspecified atom stereocenters. The smallest absolute Gasteiger partial charge is 0.326 e. The lowest BCUT2D eigenvalue weighted by molar-refractivity contribution is -0.142. The highest BCUT2D eigenvalue weighted by molar-refractivity contribution is 5.84. The fraction of sp³-hybridized carbons (Fsp3) is 0.545. The molecule has 0 rings (SSSR count). The van der Waals surface area contributed by atoms with Crippen LogP contribution in [0, 0.1) is 12.3 Å².